The van der Waals surface area contributed by atoms with Crippen LogP contribution in [-0.4, -0.2) is 42.1 Å². The number of urea groups is 1. The number of aliphatic carboxylic acids is 1. The Morgan fingerprint density at radius 1 is 1.44 bits per heavy atom. The van der Waals surface area contributed by atoms with Crippen molar-refractivity contribution in [2.75, 3.05) is 20.1 Å². The van der Waals surface area contributed by atoms with E-state index in [0.29, 0.717) is 12.0 Å². The molecule has 0 aromatic carbocycles. The molecule has 0 atom stereocenters. The van der Waals surface area contributed by atoms with Gasteiger partial charge in [0.2, 0.25) is 0 Å². The van der Waals surface area contributed by atoms with Gasteiger partial charge in [0.15, 0.2) is 0 Å². The second-order valence-electron chi connectivity index (χ2n) is 4.58. The fourth-order valence-corrected chi connectivity index (χ4v) is 1.60. The van der Waals surface area contributed by atoms with Gasteiger partial charge in [0, 0.05) is 20.1 Å². The first-order valence-corrected chi connectivity index (χ1v) is 5.70. The minimum atomic E-state index is -0.883. The number of amides is 2. The molecule has 0 aromatic heterocycles. The summed E-state index contributed by atoms with van der Waals surface area (Å²) in [6, 6.07) is -0.180. The summed E-state index contributed by atoms with van der Waals surface area (Å²) in [6.45, 7) is 3.09. The molecule has 0 spiro atoms. The van der Waals surface area contributed by atoms with Crippen LogP contribution >= 0.6 is 0 Å². The lowest BCUT2D eigenvalue weighted by atomic mass is 10.0. The van der Waals surface area contributed by atoms with Crippen LogP contribution in [0.25, 0.3) is 0 Å². The SMILES string of the molecule is CCC1(CNC(=O)N(C)CCC(=O)O)CC1. The highest BCUT2D eigenvalue weighted by Crippen LogP contribution is 2.47. The van der Waals surface area contributed by atoms with E-state index >= 15 is 0 Å². The predicted molar refractivity (Wildman–Crippen MR) is 60.2 cm³/mol. The highest BCUT2D eigenvalue weighted by Gasteiger charge is 2.40. The molecule has 1 saturated carbocycles. The Morgan fingerprint density at radius 3 is 2.50 bits per heavy atom. The molecule has 0 unspecified atom stereocenters. The van der Waals surface area contributed by atoms with Gasteiger partial charge >= 0.3 is 12.0 Å². The minimum Gasteiger partial charge on any atom is -0.481 e. The number of carbonyl (C=O) groups is 2. The Balaban J connectivity index is 2.21. The second-order valence-corrected chi connectivity index (χ2v) is 4.58. The fourth-order valence-electron chi connectivity index (χ4n) is 1.60. The summed E-state index contributed by atoms with van der Waals surface area (Å²) in [6.07, 6.45) is 3.44. The highest BCUT2D eigenvalue weighted by atomic mass is 16.4. The molecular formula is C11H20N2O3. The van der Waals surface area contributed by atoms with E-state index in [-0.39, 0.29) is 19.0 Å². The largest absolute Gasteiger partial charge is 0.481 e. The molecule has 0 saturated heterocycles. The lowest BCUT2D eigenvalue weighted by Crippen LogP contribution is -2.40. The molecule has 5 heteroatoms. The van der Waals surface area contributed by atoms with Crippen molar-refractivity contribution in [3.05, 3.63) is 0 Å². The molecule has 0 heterocycles. The molecule has 0 aliphatic heterocycles. The maximum Gasteiger partial charge on any atom is 0.317 e. The number of hydrogen-bond donors (Lipinski definition) is 2. The Bertz CT molecular complexity index is 274. The van der Waals surface area contributed by atoms with Gasteiger partial charge in [-0.05, 0) is 24.7 Å². The van der Waals surface area contributed by atoms with E-state index in [1.165, 1.54) is 17.7 Å². The molecule has 0 bridgehead atoms. The van der Waals surface area contributed by atoms with Crippen molar-refractivity contribution in [2.24, 2.45) is 5.41 Å². The van der Waals surface area contributed by atoms with Crippen molar-refractivity contribution < 1.29 is 14.7 Å². The zero-order valence-electron chi connectivity index (χ0n) is 9.95. The van der Waals surface area contributed by atoms with E-state index in [1.807, 2.05) is 0 Å². The summed E-state index contributed by atoms with van der Waals surface area (Å²) in [5, 5.41) is 11.3. The van der Waals surface area contributed by atoms with E-state index in [2.05, 4.69) is 12.2 Å². The second kappa shape index (κ2) is 5.18. The van der Waals surface area contributed by atoms with E-state index in [1.54, 1.807) is 7.05 Å². The molecule has 1 fully saturated rings. The van der Waals surface area contributed by atoms with E-state index in [0.717, 1.165) is 6.42 Å². The van der Waals surface area contributed by atoms with Crippen molar-refractivity contribution >= 4 is 12.0 Å². The molecule has 2 N–H and O–H groups in total. The van der Waals surface area contributed by atoms with E-state index < -0.39 is 5.97 Å². The smallest absolute Gasteiger partial charge is 0.317 e. The number of hydrogen-bond acceptors (Lipinski definition) is 2. The predicted octanol–water partition coefficient (Wildman–Crippen LogP) is 1.29. The molecule has 2 amide bonds. The van der Waals surface area contributed by atoms with Gasteiger partial charge < -0.3 is 15.3 Å². The van der Waals surface area contributed by atoms with Crippen LogP contribution in [0.5, 0.6) is 0 Å². The van der Waals surface area contributed by atoms with Crippen LogP contribution in [0.3, 0.4) is 0 Å². The van der Waals surface area contributed by atoms with E-state index in [4.69, 9.17) is 5.11 Å². The van der Waals surface area contributed by atoms with Crippen molar-refractivity contribution in [3.8, 4) is 0 Å². The van der Waals surface area contributed by atoms with Gasteiger partial charge in [-0.1, -0.05) is 6.92 Å². The molecule has 1 aliphatic rings. The quantitative estimate of drug-likeness (QED) is 0.719. The average Bonchev–Trinajstić information content (AvgIpc) is 3.03. The first-order chi connectivity index (χ1) is 7.49. The summed E-state index contributed by atoms with van der Waals surface area (Å²) >= 11 is 0. The van der Waals surface area contributed by atoms with Gasteiger partial charge in [0.25, 0.3) is 0 Å². The molecule has 92 valence electrons. The minimum absolute atomic E-state index is 0.0111. The summed E-state index contributed by atoms with van der Waals surface area (Å²) in [5.41, 5.74) is 0.323. The van der Waals surface area contributed by atoms with Gasteiger partial charge in [-0.3, -0.25) is 4.79 Å². The van der Waals surface area contributed by atoms with Crippen molar-refractivity contribution in [2.45, 2.75) is 32.6 Å². The number of carbonyl (C=O) groups excluding carboxylic acids is 1. The van der Waals surface area contributed by atoms with Gasteiger partial charge in [-0.15, -0.1) is 0 Å². The highest BCUT2D eigenvalue weighted by molar-refractivity contribution is 5.75. The van der Waals surface area contributed by atoms with Crippen LogP contribution in [-0.2, 0) is 4.79 Å². The summed E-state index contributed by atoms with van der Waals surface area (Å²) in [4.78, 5) is 23.3. The monoisotopic (exact) mass is 228 g/mol. The third kappa shape index (κ3) is 3.72. The van der Waals surface area contributed by atoms with Gasteiger partial charge in [0.05, 0.1) is 6.42 Å². The van der Waals surface area contributed by atoms with Crippen LogP contribution in [0.2, 0.25) is 0 Å². The van der Waals surface area contributed by atoms with Gasteiger partial charge in [-0.2, -0.15) is 0 Å². The molecule has 1 aliphatic carbocycles. The number of nitrogens with one attached hydrogen (secondary N) is 1. The number of rotatable bonds is 6. The summed E-state index contributed by atoms with van der Waals surface area (Å²) in [5.74, 6) is -0.883. The number of carboxylic acids is 1. The average molecular weight is 228 g/mol. The zero-order valence-corrected chi connectivity index (χ0v) is 9.95. The van der Waals surface area contributed by atoms with E-state index in [9.17, 15) is 9.59 Å². The maximum absolute atomic E-state index is 11.6. The van der Waals surface area contributed by atoms with Crippen LogP contribution in [0.15, 0.2) is 0 Å². The normalized spacial score (nSPS) is 16.6. The molecule has 5 nitrogen and oxygen atoms in total. The Labute approximate surface area is 95.8 Å². The fraction of sp³-hybridized carbons (Fsp3) is 0.818. The Morgan fingerprint density at radius 2 is 2.06 bits per heavy atom. The number of nitrogens with zero attached hydrogens (tertiary/aromatic N) is 1. The molecular weight excluding hydrogens is 208 g/mol. The number of carboxylic acid groups (broad SMARTS) is 1. The lowest BCUT2D eigenvalue weighted by Gasteiger charge is -2.19. The Kier molecular flexibility index (Phi) is 4.15. The van der Waals surface area contributed by atoms with Crippen molar-refractivity contribution in [1.82, 2.24) is 10.2 Å². The molecule has 0 radical (unpaired) electrons. The molecule has 0 aromatic rings. The van der Waals surface area contributed by atoms with Crippen LogP contribution < -0.4 is 5.32 Å². The van der Waals surface area contributed by atoms with Crippen molar-refractivity contribution in [1.29, 1.82) is 0 Å². The standard InChI is InChI=1S/C11H20N2O3/c1-3-11(5-6-11)8-12-10(16)13(2)7-4-9(14)15/h3-8H2,1-2H3,(H,12,16)(H,14,15). The van der Waals surface area contributed by atoms with Crippen LogP contribution in [0.4, 0.5) is 4.79 Å². The maximum atomic E-state index is 11.6. The van der Waals surface area contributed by atoms with Gasteiger partial charge in [0.1, 0.15) is 0 Å². The zero-order chi connectivity index (χ0) is 12.2. The van der Waals surface area contributed by atoms with Crippen LogP contribution in [0.1, 0.15) is 32.6 Å². The summed E-state index contributed by atoms with van der Waals surface area (Å²) in [7, 11) is 1.61. The first-order valence-electron chi connectivity index (χ1n) is 5.70. The third-order valence-corrected chi connectivity index (χ3v) is 3.33. The summed E-state index contributed by atoms with van der Waals surface area (Å²) < 4.78 is 0. The lowest BCUT2D eigenvalue weighted by molar-refractivity contribution is -0.137. The Hall–Kier alpha value is -1.26. The van der Waals surface area contributed by atoms with Crippen LogP contribution in [0, 0.1) is 5.41 Å². The topological polar surface area (TPSA) is 69.6 Å². The molecule has 1 rings (SSSR count). The van der Waals surface area contributed by atoms with Crippen molar-refractivity contribution in [3.63, 3.8) is 0 Å². The molecule has 16 heavy (non-hydrogen) atoms. The first kappa shape index (κ1) is 12.8. The van der Waals surface area contributed by atoms with Gasteiger partial charge in [-0.25, -0.2) is 4.79 Å². The third-order valence-electron chi connectivity index (χ3n) is 3.33.